The van der Waals surface area contributed by atoms with Crippen LogP contribution < -0.4 is 5.48 Å². The molecule has 3 aromatic rings. The molecule has 0 aliphatic carbocycles. The standard InChI is InChI=1S/C20H20N2O3/c1-14-7-9-18(10-8-14)22-25-13-21-24-12-17-11-16-5-3-4-6-19(16)15(2)20(17)23/h3-11,13,22-23H,12H2,1-2H3/b21-13-. The van der Waals surface area contributed by atoms with Crippen molar-refractivity contribution in [3.63, 3.8) is 0 Å². The van der Waals surface area contributed by atoms with Crippen molar-refractivity contribution in [1.82, 2.24) is 0 Å². The Morgan fingerprint density at radius 2 is 1.84 bits per heavy atom. The van der Waals surface area contributed by atoms with Crippen molar-refractivity contribution >= 4 is 22.9 Å². The van der Waals surface area contributed by atoms with Crippen LogP contribution in [0.2, 0.25) is 0 Å². The van der Waals surface area contributed by atoms with Crippen LogP contribution in [0, 0.1) is 13.8 Å². The highest BCUT2D eigenvalue weighted by Gasteiger charge is 2.09. The second-order valence-electron chi connectivity index (χ2n) is 5.80. The van der Waals surface area contributed by atoms with Gasteiger partial charge in [-0.2, -0.15) is 0 Å². The van der Waals surface area contributed by atoms with Crippen molar-refractivity contribution in [2.24, 2.45) is 5.16 Å². The fraction of sp³-hybridized carbons (Fsp3) is 0.150. The molecule has 0 bridgehead atoms. The molecule has 3 rings (SSSR count). The van der Waals surface area contributed by atoms with E-state index >= 15 is 0 Å². The Labute approximate surface area is 146 Å². The summed E-state index contributed by atoms with van der Waals surface area (Å²) in [6, 6.07) is 17.6. The minimum Gasteiger partial charge on any atom is -0.507 e. The van der Waals surface area contributed by atoms with E-state index in [0.717, 1.165) is 22.0 Å². The SMILES string of the molecule is Cc1ccc(NO/C=N\OCc2cc3ccccc3c(C)c2O)cc1. The van der Waals surface area contributed by atoms with Crippen LogP contribution in [0.3, 0.4) is 0 Å². The third-order valence-corrected chi connectivity index (χ3v) is 3.97. The van der Waals surface area contributed by atoms with E-state index in [1.807, 2.05) is 68.4 Å². The maximum atomic E-state index is 10.3. The maximum absolute atomic E-state index is 10.3. The van der Waals surface area contributed by atoms with Gasteiger partial charge in [0, 0.05) is 5.56 Å². The molecule has 0 saturated heterocycles. The van der Waals surface area contributed by atoms with Crippen LogP contribution >= 0.6 is 0 Å². The number of nitrogens with one attached hydrogen (secondary N) is 1. The highest BCUT2D eigenvalue weighted by atomic mass is 16.7. The summed E-state index contributed by atoms with van der Waals surface area (Å²) in [5.41, 5.74) is 6.24. The maximum Gasteiger partial charge on any atom is 0.245 e. The van der Waals surface area contributed by atoms with Crippen LogP contribution in [0.5, 0.6) is 5.75 Å². The van der Waals surface area contributed by atoms with Crippen LogP contribution in [0.15, 0.2) is 59.8 Å². The van der Waals surface area contributed by atoms with Crippen LogP contribution in [-0.4, -0.2) is 11.5 Å². The fourth-order valence-electron chi connectivity index (χ4n) is 2.57. The first-order valence-electron chi connectivity index (χ1n) is 7.97. The topological polar surface area (TPSA) is 63.1 Å². The number of rotatable bonds is 6. The van der Waals surface area contributed by atoms with Crippen molar-refractivity contribution in [3.05, 3.63) is 71.3 Å². The number of anilines is 1. The number of phenolic OH excluding ortho intramolecular Hbond substituents is 1. The van der Waals surface area contributed by atoms with E-state index in [4.69, 9.17) is 9.68 Å². The van der Waals surface area contributed by atoms with Crippen LogP contribution in [-0.2, 0) is 16.3 Å². The normalized spacial score (nSPS) is 11.0. The molecule has 0 aliphatic heterocycles. The van der Waals surface area contributed by atoms with Crippen LogP contribution in [0.25, 0.3) is 10.8 Å². The quantitative estimate of drug-likeness (QED) is 0.390. The molecular formula is C20H20N2O3. The lowest BCUT2D eigenvalue weighted by atomic mass is 10.0. The molecule has 25 heavy (non-hydrogen) atoms. The first-order chi connectivity index (χ1) is 12.1. The summed E-state index contributed by atoms with van der Waals surface area (Å²) in [5.74, 6) is 0.229. The summed E-state index contributed by atoms with van der Waals surface area (Å²) < 4.78 is 0. The second-order valence-corrected chi connectivity index (χ2v) is 5.80. The molecule has 0 heterocycles. The molecule has 3 aromatic carbocycles. The zero-order chi connectivity index (χ0) is 17.6. The van der Waals surface area contributed by atoms with Gasteiger partial charge in [-0.1, -0.05) is 47.1 Å². The number of oxime groups is 1. The Balaban J connectivity index is 1.56. The molecule has 0 spiro atoms. The number of hydrogen-bond donors (Lipinski definition) is 2. The molecule has 5 heteroatoms. The molecule has 5 nitrogen and oxygen atoms in total. The Morgan fingerprint density at radius 3 is 2.64 bits per heavy atom. The highest BCUT2D eigenvalue weighted by molar-refractivity contribution is 5.88. The molecule has 0 saturated carbocycles. The lowest BCUT2D eigenvalue weighted by Crippen LogP contribution is -1.99. The van der Waals surface area contributed by atoms with Crippen molar-refractivity contribution in [3.8, 4) is 5.75 Å². The van der Waals surface area contributed by atoms with E-state index in [9.17, 15) is 5.11 Å². The summed E-state index contributed by atoms with van der Waals surface area (Å²) in [7, 11) is 0. The van der Waals surface area contributed by atoms with E-state index in [2.05, 4.69) is 10.6 Å². The molecular weight excluding hydrogens is 316 g/mol. The summed E-state index contributed by atoms with van der Waals surface area (Å²) in [4.78, 5) is 10.3. The fourth-order valence-corrected chi connectivity index (χ4v) is 2.57. The molecule has 0 aliphatic rings. The minimum absolute atomic E-state index is 0.155. The van der Waals surface area contributed by atoms with Gasteiger partial charge in [-0.05, 0) is 48.4 Å². The van der Waals surface area contributed by atoms with E-state index < -0.39 is 0 Å². The van der Waals surface area contributed by atoms with E-state index in [0.29, 0.717) is 5.56 Å². The van der Waals surface area contributed by atoms with Crippen molar-refractivity contribution in [2.75, 3.05) is 5.48 Å². The van der Waals surface area contributed by atoms with Gasteiger partial charge in [0.2, 0.25) is 6.40 Å². The third-order valence-electron chi connectivity index (χ3n) is 3.97. The Morgan fingerprint density at radius 1 is 1.08 bits per heavy atom. The minimum atomic E-state index is 0.155. The van der Waals surface area contributed by atoms with Gasteiger partial charge in [-0.15, -0.1) is 0 Å². The molecule has 0 unspecified atom stereocenters. The average Bonchev–Trinajstić information content (AvgIpc) is 2.63. The number of benzene rings is 3. The molecule has 2 N–H and O–H groups in total. The van der Waals surface area contributed by atoms with Gasteiger partial charge in [0.1, 0.15) is 12.4 Å². The predicted octanol–water partition coefficient (Wildman–Crippen LogP) is 4.67. The lowest BCUT2D eigenvalue weighted by Gasteiger charge is -2.10. The van der Waals surface area contributed by atoms with Gasteiger partial charge in [-0.3, -0.25) is 0 Å². The molecule has 128 valence electrons. The third kappa shape index (κ3) is 4.01. The molecule has 0 aromatic heterocycles. The van der Waals surface area contributed by atoms with Gasteiger partial charge < -0.3 is 14.8 Å². The summed E-state index contributed by atoms with van der Waals surface area (Å²) >= 11 is 0. The average molecular weight is 336 g/mol. The van der Waals surface area contributed by atoms with E-state index in [1.165, 1.54) is 12.0 Å². The zero-order valence-corrected chi connectivity index (χ0v) is 14.2. The first-order valence-corrected chi connectivity index (χ1v) is 7.97. The monoisotopic (exact) mass is 336 g/mol. The molecule has 0 radical (unpaired) electrons. The van der Waals surface area contributed by atoms with Gasteiger partial charge in [0.15, 0.2) is 0 Å². The molecule has 0 atom stereocenters. The number of aryl methyl sites for hydroxylation is 2. The Hall–Kier alpha value is -3.21. The lowest BCUT2D eigenvalue weighted by molar-refractivity contribution is 0.123. The van der Waals surface area contributed by atoms with Crippen LogP contribution in [0.1, 0.15) is 16.7 Å². The van der Waals surface area contributed by atoms with Gasteiger partial charge in [0.25, 0.3) is 0 Å². The highest BCUT2D eigenvalue weighted by Crippen LogP contribution is 2.30. The molecule has 0 fully saturated rings. The zero-order valence-electron chi connectivity index (χ0n) is 14.2. The number of fused-ring (bicyclic) bond motifs is 1. The predicted molar refractivity (Wildman–Crippen MR) is 99.5 cm³/mol. The number of nitrogens with zero attached hydrogens (tertiary/aromatic N) is 1. The van der Waals surface area contributed by atoms with Gasteiger partial charge in [0.05, 0.1) is 5.69 Å². The van der Waals surface area contributed by atoms with Gasteiger partial charge in [-0.25, -0.2) is 5.48 Å². The van der Waals surface area contributed by atoms with E-state index in [-0.39, 0.29) is 12.4 Å². The Bertz CT molecular complexity index is 889. The van der Waals surface area contributed by atoms with Crippen molar-refractivity contribution in [2.45, 2.75) is 20.5 Å². The first kappa shape index (κ1) is 16.6. The van der Waals surface area contributed by atoms with Gasteiger partial charge >= 0.3 is 0 Å². The smallest absolute Gasteiger partial charge is 0.245 e. The van der Waals surface area contributed by atoms with Crippen LogP contribution in [0.4, 0.5) is 5.69 Å². The summed E-state index contributed by atoms with van der Waals surface area (Å²) in [6.45, 7) is 4.06. The van der Waals surface area contributed by atoms with Crippen molar-refractivity contribution < 1.29 is 14.8 Å². The Kier molecular flexibility index (Phi) is 5.04. The summed E-state index contributed by atoms with van der Waals surface area (Å²) in [5, 5.41) is 16.1. The number of aromatic hydroxyl groups is 1. The van der Waals surface area contributed by atoms with Crippen molar-refractivity contribution in [1.29, 1.82) is 0 Å². The molecule has 0 amide bonds. The second kappa shape index (κ2) is 7.57. The summed E-state index contributed by atoms with van der Waals surface area (Å²) in [6.07, 6.45) is 1.17. The van der Waals surface area contributed by atoms with E-state index in [1.54, 1.807) is 0 Å². The largest absolute Gasteiger partial charge is 0.507 e. The number of hydrogen-bond acceptors (Lipinski definition) is 5. The number of phenols is 1.